The number of hydrogen-bond acceptors (Lipinski definition) is 4. The van der Waals surface area contributed by atoms with Gasteiger partial charge in [-0.15, -0.1) is 0 Å². The molecule has 14 heavy (non-hydrogen) atoms. The summed E-state index contributed by atoms with van der Waals surface area (Å²) in [7, 11) is 2.04. The third-order valence-electron chi connectivity index (χ3n) is 2.87. The van der Waals surface area contributed by atoms with E-state index in [0.717, 1.165) is 25.3 Å². The Morgan fingerprint density at radius 3 is 2.93 bits per heavy atom. The number of likely N-dealkylation sites (tertiary alicyclic amines) is 1. The lowest BCUT2D eigenvalue weighted by atomic mass is 10.1. The van der Waals surface area contributed by atoms with Crippen LogP contribution in [0.25, 0.3) is 0 Å². The average molecular weight is 195 g/mol. The Balaban J connectivity index is 1.79. The molecule has 1 aliphatic heterocycles. The third-order valence-corrected chi connectivity index (χ3v) is 2.87. The summed E-state index contributed by atoms with van der Waals surface area (Å²) < 4.78 is 4.81. The Kier molecular flexibility index (Phi) is 3.16. The molecule has 1 N–H and O–H groups in total. The fourth-order valence-electron chi connectivity index (χ4n) is 1.93. The number of rotatable bonds is 3. The van der Waals surface area contributed by atoms with Gasteiger partial charge in [0.15, 0.2) is 0 Å². The minimum Gasteiger partial charge on any atom is -0.364 e. The van der Waals surface area contributed by atoms with Gasteiger partial charge in [-0.1, -0.05) is 5.16 Å². The van der Waals surface area contributed by atoms with E-state index in [1.807, 2.05) is 13.1 Å². The van der Waals surface area contributed by atoms with Crippen molar-refractivity contribution in [2.24, 2.45) is 0 Å². The molecule has 1 aromatic rings. The molecule has 78 valence electrons. The van der Waals surface area contributed by atoms with E-state index in [0.29, 0.717) is 6.04 Å². The summed E-state index contributed by atoms with van der Waals surface area (Å²) in [6, 6.07) is 2.63. The van der Waals surface area contributed by atoms with Crippen LogP contribution >= 0.6 is 0 Å². The van der Waals surface area contributed by atoms with Crippen LogP contribution in [0.4, 0.5) is 0 Å². The van der Waals surface area contributed by atoms with Crippen molar-refractivity contribution < 1.29 is 4.52 Å². The van der Waals surface area contributed by atoms with Gasteiger partial charge in [-0.2, -0.15) is 0 Å². The predicted molar refractivity (Wildman–Crippen MR) is 53.9 cm³/mol. The average Bonchev–Trinajstić information content (AvgIpc) is 2.72. The zero-order valence-electron chi connectivity index (χ0n) is 8.57. The van der Waals surface area contributed by atoms with Crippen molar-refractivity contribution in [1.82, 2.24) is 15.4 Å². The van der Waals surface area contributed by atoms with Gasteiger partial charge in [0, 0.05) is 31.7 Å². The molecule has 4 heteroatoms. The van der Waals surface area contributed by atoms with Crippen LogP contribution in [0, 0.1) is 0 Å². The maximum atomic E-state index is 4.81. The van der Waals surface area contributed by atoms with E-state index < -0.39 is 0 Å². The fraction of sp³-hybridized carbons (Fsp3) is 0.700. The molecule has 0 unspecified atom stereocenters. The number of nitrogens with zero attached hydrogens (tertiary/aromatic N) is 2. The smallest absolute Gasteiger partial charge is 0.124 e. The van der Waals surface area contributed by atoms with Crippen LogP contribution in [0.2, 0.25) is 0 Å². The Hall–Kier alpha value is -0.870. The van der Waals surface area contributed by atoms with Crippen LogP contribution in [-0.4, -0.2) is 36.2 Å². The van der Waals surface area contributed by atoms with Gasteiger partial charge in [0.25, 0.3) is 0 Å². The van der Waals surface area contributed by atoms with E-state index in [-0.39, 0.29) is 0 Å². The van der Waals surface area contributed by atoms with Crippen molar-refractivity contribution in [3.8, 4) is 0 Å². The molecule has 0 aromatic carbocycles. The van der Waals surface area contributed by atoms with Crippen molar-refractivity contribution >= 4 is 0 Å². The van der Waals surface area contributed by atoms with Gasteiger partial charge in [0.05, 0.1) is 5.69 Å². The van der Waals surface area contributed by atoms with Crippen LogP contribution in [0.5, 0.6) is 0 Å². The summed E-state index contributed by atoms with van der Waals surface area (Å²) in [5.41, 5.74) is 1.04. The van der Waals surface area contributed by atoms with E-state index >= 15 is 0 Å². The summed E-state index contributed by atoms with van der Waals surface area (Å²) in [4.78, 5) is 2.42. The molecule has 2 rings (SSSR count). The second-order valence-corrected chi connectivity index (χ2v) is 3.83. The maximum Gasteiger partial charge on any atom is 0.124 e. The molecule has 1 aromatic heterocycles. The minimum atomic E-state index is 0.698. The summed E-state index contributed by atoms with van der Waals surface area (Å²) in [5, 5.41) is 7.24. The fourth-order valence-corrected chi connectivity index (χ4v) is 1.93. The second kappa shape index (κ2) is 4.57. The van der Waals surface area contributed by atoms with E-state index in [2.05, 4.69) is 15.4 Å². The minimum absolute atomic E-state index is 0.698. The van der Waals surface area contributed by atoms with Crippen molar-refractivity contribution in [2.75, 3.05) is 20.1 Å². The van der Waals surface area contributed by atoms with Crippen LogP contribution in [-0.2, 0) is 6.54 Å². The van der Waals surface area contributed by atoms with Crippen molar-refractivity contribution in [3.63, 3.8) is 0 Å². The van der Waals surface area contributed by atoms with Crippen LogP contribution < -0.4 is 5.32 Å². The van der Waals surface area contributed by atoms with E-state index in [1.165, 1.54) is 12.8 Å². The lowest BCUT2D eigenvalue weighted by Crippen LogP contribution is -2.40. The molecule has 2 heterocycles. The van der Waals surface area contributed by atoms with Gasteiger partial charge in [-0.05, 0) is 19.9 Å². The Morgan fingerprint density at radius 1 is 1.57 bits per heavy atom. The monoisotopic (exact) mass is 195 g/mol. The molecule has 0 radical (unpaired) electrons. The third kappa shape index (κ3) is 2.33. The van der Waals surface area contributed by atoms with Gasteiger partial charge >= 0.3 is 0 Å². The number of nitrogens with one attached hydrogen (secondary N) is 1. The first-order valence-corrected chi connectivity index (χ1v) is 5.17. The lowest BCUT2D eigenvalue weighted by molar-refractivity contribution is 0.190. The highest BCUT2D eigenvalue weighted by Gasteiger charge is 2.17. The molecule has 0 atom stereocenters. The van der Waals surface area contributed by atoms with Crippen LogP contribution in [0.3, 0.4) is 0 Å². The normalized spacial score (nSPS) is 20.1. The first kappa shape index (κ1) is 9.68. The number of aromatic nitrogens is 1. The molecule has 0 saturated carbocycles. The van der Waals surface area contributed by atoms with E-state index in [4.69, 9.17) is 4.52 Å². The predicted octanol–water partition coefficient (Wildman–Crippen LogP) is 0.858. The van der Waals surface area contributed by atoms with Gasteiger partial charge in [-0.25, -0.2) is 0 Å². The summed E-state index contributed by atoms with van der Waals surface area (Å²) in [6.07, 6.45) is 4.10. The molecule has 0 spiro atoms. The Morgan fingerprint density at radius 2 is 2.36 bits per heavy atom. The molecule has 4 nitrogen and oxygen atoms in total. The van der Waals surface area contributed by atoms with E-state index in [1.54, 1.807) is 6.26 Å². The standard InChI is InChI=1S/C10H17N3O/c1-11-9-2-5-13(6-3-9)8-10-4-7-14-12-10/h4,7,9,11H,2-3,5-6,8H2,1H3. The molecule has 0 aliphatic carbocycles. The van der Waals surface area contributed by atoms with Crippen LogP contribution in [0.15, 0.2) is 16.9 Å². The summed E-state index contributed by atoms with van der Waals surface area (Å²) in [5.74, 6) is 0. The number of piperidine rings is 1. The first-order valence-electron chi connectivity index (χ1n) is 5.17. The summed E-state index contributed by atoms with van der Waals surface area (Å²) >= 11 is 0. The molecular formula is C10H17N3O. The van der Waals surface area contributed by atoms with Gasteiger partial charge in [0.1, 0.15) is 6.26 Å². The SMILES string of the molecule is CNC1CCN(Cc2ccon2)CC1. The highest BCUT2D eigenvalue weighted by Crippen LogP contribution is 2.12. The topological polar surface area (TPSA) is 41.3 Å². The lowest BCUT2D eigenvalue weighted by Gasteiger charge is -2.30. The molecular weight excluding hydrogens is 178 g/mol. The van der Waals surface area contributed by atoms with Gasteiger partial charge in [0.2, 0.25) is 0 Å². The Bertz CT molecular complexity index is 252. The molecule has 1 fully saturated rings. The maximum absolute atomic E-state index is 4.81. The number of hydrogen-bond donors (Lipinski definition) is 1. The quantitative estimate of drug-likeness (QED) is 0.776. The zero-order chi connectivity index (χ0) is 9.80. The van der Waals surface area contributed by atoms with Gasteiger partial charge in [-0.3, -0.25) is 4.90 Å². The van der Waals surface area contributed by atoms with Crippen molar-refractivity contribution in [2.45, 2.75) is 25.4 Å². The molecule has 1 saturated heterocycles. The zero-order valence-corrected chi connectivity index (χ0v) is 8.57. The Labute approximate surface area is 84.3 Å². The largest absolute Gasteiger partial charge is 0.364 e. The first-order chi connectivity index (χ1) is 6.88. The highest BCUT2D eigenvalue weighted by molar-refractivity contribution is 4.95. The molecule has 0 bridgehead atoms. The van der Waals surface area contributed by atoms with Gasteiger partial charge < -0.3 is 9.84 Å². The second-order valence-electron chi connectivity index (χ2n) is 3.83. The van der Waals surface area contributed by atoms with Crippen LogP contribution in [0.1, 0.15) is 18.5 Å². The summed E-state index contributed by atoms with van der Waals surface area (Å²) in [6.45, 7) is 3.23. The van der Waals surface area contributed by atoms with E-state index in [9.17, 15) is 0 Å². The highest BCUT2D eigenvalue weighted by atomic mass is 16.5. The van der Waals surface area contributed by atoms with Crippen molar-refractivity contribution in [1.29, 1.82) is 0 Å². The molecule has 1 aliphatic rings. The molecule has 0 amide bonds. The van der Waals surface area contributed by atoms with Crippen molar-refractivity contribution in [3.05, 3.63) is 18.0 Å².